The van der Waals surface area contributed by atoms with Crippen LogP contribution in [0.25, 0.3) is 16.7 Å². The molecule has 0 saturated heterocycles. The number of fused-ring (bicyclic) bond motifs is 3. The summed E-state index contributed by atoms with van der Waals surface area (Å²) in [6.45, 7) is 3.50. The predicted octanol–water partition coefficient (Wildman–Crippen LogP) is 3.11. The highest BCUT2D eigenvalue weighted by Gasteiger charge is 2.38. The first-order chi connectivity index (χ1) is 12.4. The molecule has 0 saturated carbocycles. The Morgan fingerprint density at radius 2 is 1.93 bits per heavy atom. The van der Waals surface area contributed by atoms with Crippen LogP contribution < -0.4 is 9.50 Å². The molecule has 3 aromatic rings. The first kappa shape index (κ1) is 19.4. The van der Waals surface area contributed by atoms with Gasteiger partial charge in [0.05, 0.1) is 11.8 Å². The molecule has 0 fully saturated rings. The number of alkyl halides is 3. The minimum absolute atomic E-state index is 0.0128. The van der Waals surface area contributed by atoms with E-state index in [1.807, 2.05) is 0 Å². The summed E-state index contributed by atoms with van der Waals surface area (Å²) in [5.74, 6) is -1.62. The van der Waals surface area contributed by atoms with Gasteiger partial charge >= 0.3 is 16.3 Å². The molecule has 0 aliphatic carbocycles. The Kier molecular flexibility index (Phi) is 4.58. The van der Waals surface area contributed by atoms with Crippen molar-refractivity contribution in [2.75, 3.05) is 11.6 Å². The number of nitrogens with one attached hydrogen (secondary N) is 1. The van der Waals surface area contributed by atoms with E-state index in [0.717, 1.165) is 12.3 Å². The second kappa shape index (κ2) is 6.37. The van der Waals surface area contributed by atoms with E-state index in [4.69, 9.17) is 15.8 Å². The van der Waals surface area contributed by atoms with Gasteiger partial charge in [-0.2, -0.15) is 21.6 Å². The molecule has 0 aliphatic heterocycles. The summed E-state index contributed by atoms with van der Waals surface area (Å²) in [5, 5.41) is 9.64. The van der Waals surface area contributed by atoms with Crippen LogP contribution in [0.15, 0.2) is 12.1 Å². The highest BCUT2D eigenvalue weighted by Crippen LogP contribution is 2.36. The Balaban J connectivity index is 2.49. The fourth-order valence-electron chi connectivity index (χ4n) is 2.45. The lowest BCUT2D eigenvalue weighted by molar-refractivity contribution is -0.145. The number of hydrogen-bond acceptors (Lipinski definition) is 7. The van der Waals surface area contributed by atoms with Gasteiger partial charge in [-0.25, -0.2) is 4.98 Å². The number of nitrogens with zero attached hydrogens (tertiary/aromatic N) is 4. The summed E-state index contributed by atoms with van der Waals surface area (Å²) in [6.07, 6.45) is -4.02. The van der Waals surface area contributed by atoms with Gasteiger partial charge in [-0.05, 0) is 19.9 Å². The van der Waals surface area contributed by atoms with Crippen molar-refractivity contribution in [3.63, 3.8) is 0 Å². The molecular formula is C14H13ClF3N5O3S. The van der Waals surface area contributed by atoms with E-state index in [9.17, 15) is 21.6 Å². The standard InChI is InChI=1S/C14H13ClF3N5O3S/c1-6(2)19-11-12-21-22-13(14(16,17)18)23(12)8-4-7(15)5-9(10(8)20-11)26-27(3,24)25/h4-6H,1-3H3,(H,19,20). The van der Waals surface area contributed by atoms with Crippen molar-refractivity contribution >= 4 is 44.2 Å². The molecular weight excluding hydrogens is 411 g/mol. The fourth-order valence-corrected chi connectivity index (χ4v) is 3.11. The van der Waals surface area contributed by atoms with Gasteiger partial charge in [0.2, 0.25) is 11.5 Å². The Morgan fingerprint density at radius 1 is 1.26 bits per heavy atom. The minimum Gasteiger partial charge on any atom is -0.380 e. The third-order valence-corrected chi connectivity index (χ3v) is 3.98. The fraction of sp³-hybridized carbons (Fsp3) is 0.357. The molecule has 0 amide bonds. The van der Waals surface area contributed by atoms with Crippen molar-refractivity contribution in [2.45, 2.75) is 26.1 Å². The summed E-state index contributed by atoms with van der Waals surface area (Å²) in [7, 11) is -3.98. The van der Waals surface area contributed by atoms with Gasteiger partial charge in [0, 0.05) is 17.1 Å². The molecule has 1 aromatic carbocycles. The SMILES string of the molecule is CC(C)Nc1nc2c(OS(C)(=O)=O)cc(Cl)cc2n2c(C(F)(F)F)nnc12. The molecule has 0 aliphatic rings. The van der Waals surface area contributed by atoms with Gasteiger partial charge < -0.3 is 9.50 Å². The summed E-state index contributed by atoms with van der Waals surface area (Å²) in [4.78, 5) is 4.21. The van der Waals surface area contributed by atoms with Crippen molar-refractivity contribution < 1.29 is 25.8 Å². The van der Waals surface area contributed by atoms with Crippen molar-refractivity contribution in [1.29, 1.82) is 0 Å². The summed E-state index contributed by atoms with van der Waals surface area (Å²) >= 11 is 5.96. The zero-order valence-electron chi connectivity index (χ0n) is 14.2. The van der Waals surface area contributed by atoms with Crippen molar-refractivity contribution in [3.05, 3.63) is 23.0 Å². The van der Waals surface area contributed by atoms with E-state index in [-0.39, 0.29) is 39.3 Å². The van der Waals surface area contributed by atoms with E-state index in [1.54, 1.807) is 13.8 Å². The maximum atomic E-state index is 13.4. The van der Waals surface area contributed by atoms with Gasteiger partial charge in [0.1, 0.15) is 5.52 Å². The Morgan fingerprint density at radius 3 is 2.48 bits per heavy atom. The highest BCUT2D eigenvalue weighted by atomic mass is 35.5. The van der Waals surface area contributed by atoms with Gasteiger partial charge in [-0.1, -0.05) is 11.6 Å². The monoisotopic (exact) mass is 423 g/mol. The van der Waals surface area contributed by atoms with Crippen LogP contribution >= 0.6 is 11.6 Å². The molecule has 0 bridgehead atoms. The first-order valence-corrected chi connectivity index (χ1v) is 9.68. The van der Waals surface area contributed by atoms with Crippen LogP contribution in [0.2, 0.25) is 5.02 Å². The van der Waals surface area contributed by atoms with Gasteiger partial charge in [-0.3, -0.25) is 4.40 Å². The number of rotatable bonds is 4. The summed E-state index contributed by atoms with van der Waals surface area (Å²) in [6, 6.07) is 2.15. The van der Waals surface area contributed by atoms with Gasteiger partial charge in [0.15, 0.2) is 11.6 Å². The third-order valence-electron chi connectivity index (χ3n) is 3.28. The Bertz CT molecular complexity index is 1140. The summed E-state index contributed by atoms with van der Waals surface area (Å²) in [5.41, 5.74) is -0.482. The number of benzene rings is 1. The van der Waals surface area contributed by atoms with Crippen LogP contribution in [0.3, 0.4) is 0 Å². The highest BCUT2D eigenvalue weighted by molar-refractivity contribution is 7.86. The second-order valence-corrected chi connectivity index (χ2v) is 8.01. The molecule has 0 atom stereocenters. The topological polar surface area (TPSA) is 98.5 Å². The third kappa shape index (κ3) is 3.86. The van der Waals surface area contributed by atoms with E-state index < -0.39 is 22.1 Å². The van der Waals surface area contributed by atoms with E-state index in [1.165, 1.54) is 6.07 Å². The van der Waals surface area contributed by atoms with Crippen LogP contribution in [-0.2, 0) is 16.3 Å². The lowest BCUT2D eigenvalue weighted by Crippen LogP contribution is -2.15. The zero-order chi connectivity index (χ0) is 20.1. The smallest absolute Gasteiger partial charge is 0.380 e. The largest absolute Gasteiger partial charge is 0.452 e. The number of aromatic nitrogens is 4. The summed E-state index contributed by atoms with van der Waals surface area (Å²) < 4.78 is 68.9. The van der Waals surface area contributed by atoms with Gasteiger partial charge in [-0.15, -0.1) is 10.2 Å². The van der Waals surface area contributed by atoms with Crippen LogP contribution in [0.4, 0.5) is 19.0 Å². The first-order valence-electron chi connectivity index (χ1n) is 7.48. The number of hydrogen-bond donors (Lipinski definition) is 1. The van der Waals surface area contributed by atoms with E-state index in [0.29, 0.717) is 4.40 Å². The van der Waals surface area contributed by atoms with E-state index >= 15 is 0 Å². The average Bonchev–Trinajstić information content (AvgIpc) is 2.91. The Labute approximate surface area is 156 Å². The van der Waals surface area contributed by atoms with Crippen LogP contribution in [-0.4, -0.2) is 40.3 Å². The number of anilines is 1. The molecule has 0 unspecified atom stereocenters. The molecule has 1 N–H and O–H groups in total. The van der Waals surface area contributed by atoms with Gasteiger partial charge in [0.25, 0.3) is 0 Å². The quantitative estimate of drug-likeness (QED) is 0.644. The zero-order valence-corrected chi connectivity index (χ0v) is 15.7. The molecule has 0 spiro atoms. The molecule has 146 valence electrons. The second-order valence-electron chi connectivity index (χ2n) is 6.00. The Hall–Kier alpha value is -2.34. The average molecular weight is 424 g/mol. The molecule has 2 heterocycles. The van der Waals surface area contributed by atoms with Crippen LogP contribution in [0.5, 0.6) is 5.75 Å². The minimum atomic E-state index is -4.82. The van der Waals surface area contributed by atoms with Crippen molar-refractivity contribution in [3.8, 4) is 5.75 Å². The van der Waals surface area contributed by atoms with Crippen LogP contribution in [0.1, 0.15) is 19.7 Å². The van der Waals surface area contributed by atoms with E-state index in [2.05, 4.69) is 20.5 Å². The van der Waals surface area contributed by atoms with Crippen molar-refractivity contribution in [2.24, 2.45) is 0 Å². The lowest BCUT2D eigenvalue weighted by Gasteiger charge is -2.15. The molecule has 8 nitrogen and oxygen atoms in total. The molecule has 3 rings (SSSR count). The molecule has 27 heavy (non-hydrogen) atoms. The molecule has 13 heteroatoms. The molecule has 2 aromatic heterocycles. The molecule has 0 radical (unpaired) electrons. The maximum absolute atomic E-state index is 13.4. The normalized spacial score (nSPS) is 12.9. The lowest BCUT2D eigenvalue weighted by atomic mass is 10.2. The maximum Gasteiger partial charge on any atom is 0.452 e. The predicted molar refractivity (Wildman–Crippen MR) is 92.5 cm³/mol. The number of halogens is 4. The van der Waals surface area contributed by atoms with Crippen LogP contribution in [0, 0.1) is 0 Å². The van der Waals surface area contributed by atoms with Crippen molar-refractivity contribution in [1.82, 2.24) is 19.6 Å².